The summed E-state index contributed by atoms with van der Waals surface area (Å²) in [6.45, 7) is 19.5. The van der Waals surface area contributed by atoms with Gasteiger partial charge in [0.1, 0.15) is 22.5 Å². The van der Waals surface area contributed by atoms with Gasteiger partial charge >= 0.3 is 19.2 Å². The van der Waals surface area contributed by atoms with Crippen LogP contribution in [0, 0.1) is 23.2 Å². The molecule has 5 aliphatic rings. The second kappa shape index (κ2) is 14.5. The first-order valence-corrected chi connectivity index (χ1v) is 19.0. The lowest BCUT2D eigenvalue weighted by Crippen LogP contribution is -2.65. The number of amides is 2. The first-order valence-electron chi connectivity index (χ1n) is 19.0. The highest BCUT2D eigenvalue weighted by Gasteiger charge is 2.68. The molecular formula is C38H57BN6O8. The number of carbonyl (C=O) groups excluding carboxylic acids is 3. The van der Waals surface area contributed by atoms with E-state index in [0.717, 1.165) is 25.7 Å². The van der Waals surface area contributed by atoms with E-state index in [0.29, 0.717) is 54.2 Å². The average Bonchev–Trinajstić information content (AvgIpc) is 3.65. The van der Waals surface area contributed by atoms with Gasteiger partial charge in [-0.25, -0.2) is 14.3 Å². The summed E-state index contributed by atoms with van der Waals surface area (Å²) in [5, 5.41) is 15.5. The summed E-state index contributed by atoms with van der Waals surface area (Å²) >= 11 is 0. The number of methoxy groups -OCH3 is 1. The summed E-state index contributed by atoms with van der Waals surface area (Å²) in [6.07, 6.45) is 3.37. The number of rotatable bonds is 10. The Kier molecular flexibility index (Phi) is 10.7. The number of nitrogens with zero attached hydrogens (tertiary/aromatic N) is 5. The van der Waals surface area contributed by atoms with Gasteiger partial charge in [-0.05, 0) is 126 Å². The number of tetrazole rings is 1. The number of esters is 1. The first kappa shape index (κ1) is 39.0. The molecule has 290 valence electrons. The molecule has 15 heteroatoms. The summed E-state index contributed by atoms with van der Waals surface area (Å²) in [4.78, 5) is 41.4. The van der Waals surface area contributed by atoms with Gasteiger partial charge in [0.25, 0.3) is 0 Å². The first-order chi connectivity index (χ1) is 24.8. The number of aromatic nitrogens is 4. The molecule has 2 bridgehead atoms. The minimum atomic E-state index is -0.731. The monoisotopic (exact) mass is 736 g/mol. The van der Waals surface area contributed by atoms with Crippen LogP contribution in [0.1, 0.15) is 110 Å². The summed E-state index contributed by atoms with van der Waals surface area (Å²) in [6, 6.07) is 5.35. The number of para-hydroxylation sites is 1. The second-order valence-corrected chi connectivity index (χ2v) is 18.1. The van der Waals surface area contributed by atoms with Crippen LogP contribution >= 0.6 is 0 Å². The fourth-order valence-corrected chi connectivity index (χ4v) is 8.77. The van der Waals surface area contributed by atoms with Crippen LogP contribution in [0.15, 0.2) is 18.2 Å². The molecule has 3 saturated carbocycles. The van der Waals surface area contributed by atoms with Crippen molar-refractivity contribution in [1.82, 2.24) is 30.4 Å². The summed E-state index contributed by atoms with van der Waals surface area (Å²) < 4.78 is 32.2. The van der Waals surface area contributed by atoms with Crippen molar-refractivity contribution in [3.8, 4) is 5.75 Å². The Morgan fingerprint density at radius 1 is 1.04 bits per heavy atom. The molecule has 0 unspecified atom stereocenters. The molecule has 5 fully saturated rings. The Labute approximate surface area is 313 Å². The predicted molar refractivity (Wildman–Crippen MR) is 196 cm³/mol. The molecule has 2 saturated heterocycles. The Balaban J connectivity index is 1.17. The molecule has 1 aromatic heterocycles. The minimum Gasteiger partial charge on any atom is -0.496 e. The minimum absolute atomic E-state index is 0.0551. The van der Waals surface area contributed by atoms with Crippen LogP contribution < -0.4 is 10.1 Å². The van der Waals surface area contributed by atoms with Gasteiger partial charge in [0.2, 0.25) is 5.91 Å². The zero-order chi connectivity index (χ0) is 38.5. The van der Waals surface area contributed by atoms with Crippen LogP contribution in [0.2, 0.25) is 0 Å². The second-order valence-electron chi connectivity index (χ2n) is 18.1. The highest BCUT2D eigenvalue weighted by molar-refractivity contribution is 6.48. The molecule has 5 atom stereocenters. The van der Waals surface area contributed by atoms with Crippen molar-refractivity contribution in [3.05, 3.63) is 35.2 Å². The molecule has 0 radical (unpaired) electrons. The van der Waals surface area contributed by atoms with Crippen molar-refractivity contribution in [1.29, 1.82) is 0 Å². The average molecular weight is 737 g/mol. The van der Waals surface area contributed by atoms with E-state index in [1.54, 1.807) is 21.7 Å². The number of ether oxygens (including phenoxy) is 3. The van der Waals surface area contributed by atoms with Crippen LogP contribution in [0.5, 0.6) is 5.75 Å². The van der Waals surface area contributed by atoms with Crippen LogP contribution in [0.3, 0.4) is 0 Å². The highest BCUT2D eigenvalue weighted by atomic mass is 16.7. The molecule has 3 aliphatic carbocycles. The van der Waals surface area contributed by atoms with Gasteiger partial charge in [-0.15, -0.1) is 5.10 Å². The van der Waals surface area contributed by atoms with Gasteiger partial charge in [-0.3, -0.25) is 4.79 Å². The zero-order valence-corrected chi connectivity index (χ0v) is 33.1. The van der Waals surface area contributed by atoms with E-state index in [1.165, 1.54) is 7.11 Å². The van der Waals surface area contributed by atoms with Crippen molar-refractivity contribution in [2.24, 2.45) is 23.2 Å². The van der Waals surface area contributed by atoms with Crippen molar-refractivity contribution < 1.29 is 37.9 Å². The third kappa shape index (κ3) is 8.35. The molecule has 53 heavy (non-hydrogen) atoms. The van der Waals surface area contributed by atoms with Crippen molar-refractivity contribution in [2.45, 2.75) is 136 Å². The molecular weight excluding hydrogens is 679 g/mol. The summed E-state index contributed by atoms with van der Waals surface area (Å²) in [7, 11) is 0.791. The van der Waals surface area contributed by atoms with E-state index >= 15 is 0 Å². The Morgan fingerprint density at radius 2 is 1.74 bits per heavy atom. The molecule has 3 heterocycles. The SMILES string of the molecule is COc1c(C[C@H](NC(=O)Cc2nnnn2CC2CCN(C(=O)OC(C)(C)C)CC2)B2O[C@@H]3C[C@@H]4C[C@@H](C4(C)C)[C@]3(C)O2)cccc1C(=O)OC(C)(C)C. The zero-order valence-electron chi connectivity index (χ0n) is 33.1. The van der Waals surface area contributed by atoms with E-state index in [1.807, 2.05) is 47.6 Å². The maximum absolute atomic E-state index is 13.9. The third-order valence-corrected chi connectivity index (χ3v) is 11.6. The number of piperidine rings is 1. The lowest BCUT2D eigenvalue weighted by molar-refractivity contribution is -0.199. The van der Waals surface area contributed by atoms with Crippen molar-refractivity contribution >= 4 is 25.1 Å². The Bertz CT molecular complexity index is 1680. The van der Waals surface area contributed by atoms with E-state index < -0.39 is 35.8 Å². The lowest BCUT2D eigenvalue weighted by Gasteiger charge is -2.64. The van der Waals surface area contributed by atoms with E-state index in [-0.39, 0.29) is 42.3 Å². The van der Waals surface area contributed by atoms with Gasteiger partial charge in [0, 0.05) is 19.6 Å². The fourth-order valence-electron chi connectivity index (χ4n) is 8.77. The molecule has 2 aromatic rings. The standard InChI is InChI=1S/C38H57BN6O8/c1-35(2,3)50-33(47)26-13-11-12-24(32(26)49-10)18-29(39-52-28-20-25-19-27(37(25,7)8)38(28,9)53-39)40-31(46)21-30-41-42-43-45(30)22-23-14-16-44(17-15-23)34(48)51-36(4,5)6/h11-13,23,25,27-29H,14-22H2,1-10H3,(H,40,46)/t25-,27-,28+,29-,38-/m0/s1. The number of hydrogen-bond donors (Lipinski definition) is 1. The van der Waals surface area contributed by atoms with E-state index in [9.17, 15) is 14.4 Å². The fraction of sp³-hybridized carbons (Fsp3) is 0.737. The normalized spacial score (nSPS) is 26.0. The van der Waals surface area contributed by atoms with Crippen LogP contribution in [0.25, 0.3) is 0 Å². The number of carbonyl (C=O) groups is 3. The van der Waals surface area contributed by atoms with E-state index in [2.05, 4.69) is 41.6 Å². The van der Waals surface area contributed by atoms with Crippen molar-refractivity contribution in [3.63, 3.8) is 0 Å². The molecule has 7 rings (SSSR count). The van der Waals surface area contributed by atoms with Gasteiger partial charge in [0.15, 0.2) is 5.82 Å². The molecule has 1 N–H and O–H groups in total. The van der Waals surface area contributed by atoms with Crippen LogP contribution in [0.4, 0.5) is 4.79 Å². The molecule has 1 aromatic carbocycles. The number of hydrogen-bond acceptors (Lipinski definition) is 11. The Morgan fingerprint density at radius 3 is 2.38 bits per heavy atom. The maximum Gasteiger partial charge on any atom is 0.482 e. The van der Waals surface area contributed by atoms with Crippen molar-refractivity contribution in [2.75, 3.05) is 20.2 Å². The third-order valence-electron chi connectivity index (χ3n) is 11.6. The number of likely N-dealkylation sites (tertiary alicyclic amines) is 1. The number of nitrogens with one attached hydrogen (secondary N) is 1. The van der Waals surface area contributed by atoms with Gasteiger partial charge in [-0.2, -0.15) is 0 Å². The summed E-state index contributed by atoms with van der Waals surface area (Å²) in [5.74, 6) is 0.564. The smallest absolute Gasteiger partial charge is 0.482 e. The van der Waals surface area contributed by atoms with Gasteiger partial charge in [0.05, 0.1) is 31.2 Å². The highest BCUT2D eigenvalue weighted by Crippen LogP contribution is 2.65. The van der Waals surface area contributed by atoms with Crippen LogP contribution in [-0.2, 0) is 43.0 Å². The van der Waals surface area contributed by atoms with E-state index in [4.69, 9.17) is 23.5 Å². The summed E-state index contributed by atoms with van der Waals surface area (Å²) in [5.41, 5.74) is -0.562. The van der Waals surface area contributed by atoms with Gasteiger partial charge < -0.3 is 33.7 Å². The molecule has 0 spiro atoms. The van der Waals surface area contributed by atoms with Crippen LogP contribution in [-0.4, -0.2) is 99.2 Å². The lowest BCUT2D eigenvalue weighted by atomic mass is 9.43. The molecule has 14 nitrogen and oxygen atoms in total. The quantitative estimate of drug-likeness (QED) is 0.264. The number of benzene rings is 1. The topological polar surface area (TPSA) is 156 Å². The largest absolute Gasteiger partial charge is 0.496 e. The predicted octanol–water partition coefficient (Wildman–Crippen LogP) is 4.82. The Hall–Kier alpha value is -3.72. The molecule has 2 amide bonds. The van der Waals surface area contributed by atoms with Gasteiger partial charge in [-0.1, -0.05) is 26.0 Å². The molecule has 2 aliphatic heterocycles. The maximum atomic E-state index is 13.9.